The largest absolute Gasteiger partial charge is 0.386 e. The summed E-state index contributed by atoms with van der Waals surface area (Å²) >= 11 is 3.28. The molecule has 0 bridgehead atoms. The highest BCUT2D eigenvalue weighted by atomic mass is 79.9. The van der Waals surface area contributed by atoms with Crippen LogP contribution in [0.1, 0.15) is 18.1 Å². The van der Waals surface area contributed by atoms with Gasteiger partial charge in [0.1, 0.15) is 4.62 Å². The summed E-state index contributed by atoms with van der Waals surface area (Å²) in [4.78, 5) is 9.16. The molecule has 2 heterocycles. The van der Waals surface area contributed by atoms with Crippen LogP contribution in [-0.4, -0.2) is 9.60 Å². The molecule has 1 aliphatic rings. The average Bonchev–Trinajstić information content (AvgIpc) is 2.54. The number of halogens is 1. The fourth-order valence-electron chi connectivity index (χ4n) is 1.09. The summed E-state index contributed by atoms with van der Waals surface area (Å²) in [5.74, 6) is 0. The van der Waals surface area contributed by atoms with Crippen molar-refractivity contribution in [2.75, 3.05) is 0 Å². The van der Waals surface area contributed by atoms with E-state index in [1.807, 2.05) is 12.1 Å². The SMILES string of the molecule is BrC1=NO[C@H](c2cccnc2)C1. The number of aromatic nitrogens is 1. The molecule has 0 radical (unpaired) electrons. The molecule has 0 N–H and O–H groups in total. The summed E-state index contributed by atoms with van der Waals surface area (Å²) in [7, 11) is 0. The highest BCUT2D eigenvalue weighted by Gasteiger charge is 2.20. The maximum atomic E-state index is 5.15. The summed E-state index contributed by atoms with van der Waals surface area (Å²) in [6.45, 7) is 0. The molecule has 0 unspecified atom stereocenters. The molecule has 62 valence electrons. The van der Waals surface area contributed by atoms with Crippen molar-refractivity contribution in [2.24, 2.45) is 5.16 Å². The molecule has 0 saturated heterocycles. The van der Waals surface area contributed by atoms with E-state index < -0.39 is 0 Å². The van der Waals surface area contributed by atoms with Crippen LogP contribution < -0.4 is 0 Å². The van der Waals surface area contributed by atoms with E-state index in [4.69, 9.17) is 4.84 Å². The van der Waals surface area contributed by atoms with E-state index in [0.717, 1.165) is 16.6 Å². The maximum Gasteiger partial charge on any atom is 0.160 e. The summed E-state index contributed by atoms with van der Waals surface area (Å²) in [5, 5.41) is 3.80. The van der Waals surface area contributed by atoms with Gasteiger partial charge in [0.25, 0.3) is 0 Å². The number of oxime groups is 1. The third-order valence-electron chi connectivity index (χ3n) is 1.69. The Balaban J connectivity index is 2.14. The minimum absolute atomic E-state index is 0.0353. The Labute approximate surface area is 78.6 Å². The highest BCUT2D eigenvalue weighted by molar-refractivity contribution is 9.18. The molecule has 1 aromatic heterocycles. The first-order valence-corrected chi connectivity index (χ1v) is 4.43. The fourth-order valence-corrected chi connectivity index (χ4v) is 1.47. The summed E-state index contributed by atoms with van der Waals surface area (Å²) in [6.07, 6.45) is 4.37. The third kappa shape index (κ3) is 1.48. The molecule has 12 heavy (non-hydrogen) atoms. The Bertz CT molecular complexity index is 299. The minimum atomic E-state index is 0.0353. The molecule has 2 rings (SSSR count). The Hall–Kier alpha value is -0.900. The van der Waals surface area contributed by atoms with Crippen molar-refractivity contribution in [3.63, 3.8) is 0 Å². The van der Waals surface area contributed by atoms with E-state index >= 15 is 0 Å². The monoisotopic (exact) mass is 226 g/mol. The number of hydrogen-bond acceptors (Lipinski definition) is 3. The van der Waals surface area contributed by atoms with Crippen molar-refractivity contribution < 1.29 is 4.84 Å². The lowest BCUT2D eigenvalue weighted by molar-refractivity contribution is 0.0855. The Morgan fingerprint density at radius 1 is 1.58 bits per heavy atom. The van der Waals surface area contributed by atoms with Crippen LogP contribution in [-0.2, 0) is 4.84 Å². The molecule has 0 spiro atoms. The highest BCUT2D eigenvalue weighted by Crippen LogP contribution is 2.27. The zero-order valence-corrected chi connectivity index (χ0v) is 7.86. The second-order valence-corrected chi connectivity index (χ2v) is 3.47. The van der Waals surface area contributed by atoms with Crippen molar-refractivity contribution in [3.8, 4) is 0 Å². The van der Waals surface area contributed by atoms with Gasteiger partial charge in [-0.25, -0.2) is 0 Å². The van der Waals surface area contributed by atoms with Crippen molar-refractivity contribution in [2.45, 2.75) is 12.5 Å². The van der Waals surface area contributed by atoms with Gasteiger partial charge in [-0.05, 0) is 22.0 Å². The van der Waals surface area contributed by atoms with Gasteiger partial charge in [-0.2, -0.15) is 0 Å². The second kappa shape index (κ2) is 3.23. The van der Waals surface area contributed by atoms with Crippen molar-refractivity contribution in [1.82, 2.24) is 4.98 Å². The van der Waals surface area contributed by atoms with Gasteiger partial charge in [0.15, 0.2) is 6.10 Å². The normalized spacial score (nSPS) is 21.8. The Morgan fingerprint density at radius 3 is 3.08 bits per heavy atom. The number of pyridine rings is 1. The van der Waals surface area contributed by atoms with Crippen LogP contribution in [0, 0.1) is 0 Å². The van der Waals surface area contributed by atoms with Crippen LogP contribution in [0.3, 0.4) is 0 Å². The molecular formula is C8H7BrN2O. The maximum absolute atomic E-state index is 5.15. The smallest absolute Gasteiger partial charge is 0.160 e. The minimum Gasteiger partial charge on any atom is -0.386 e. The van der Waals surface area contributed by atoms with E-state index in [9.17, 15) is 0 Å². The molecule has 0 saturated carbocycles. The van der Waals surface area contributed by atoms with Crippen molar-refractivity contribution in [1.29, 1.82) is 0 Å². The average molecular weight is 227 g/mol. The fraction of sp³-hybridized carbons (Fsp3) is 0.250. The Morgan fingerprint density at radius 2 is 2.50 bits per heavy atom. The van der Waals surface area contributed by atoms with Crippen LogP contribution in [0.4, 0.5) is 0 Å². The molecule has 0 fully saturated rings. The van der Waals surface area contributed by atoms with E-state index in [-0.39, 0.29) is 6.10 Å². The molecule has 3 nitrogen and oxygen atoms in total. The Kier molecular flexibility index (Phi) is 2.08. The summed E-state index contributed by atoms with van der Waals surface area (Å²) in [5.41, 5.74) is 1.07. The van der Waals surface area contributed by atoms with Crippen LogP contribution in [0.2, 0.25) is 0 Å². The summed E-state index contributed by atoms with van der Waals surface area (Å²) < 4.78 is 0.858. The van der Waals surface area contributed by atoms with Gasteiger partial charge in [0.2, 0.25) is 0 Å². The molecular weight excluding hydrogens is 220 g/mol. The van der Waals surface area contributed by atoms with Gasteiger partial charge < -0.3 is 4.84 Å². The van der Waals surface area contributed by atoms with Gasteiger partial charge in [-0.1, -0.05) is 11.2 Å². The summed E-state index contributed by atoms with van der Waals surface area (Å²) in [6, 6.07) is 3.88. The van der Waals surface area contributed by atoms with E-state index in [0.29, 0.717) is 0 Å². The molecule has 0 amide bonds. The molecule has 1 aliphatic heterocycles. The van der Waals surface area contributed by atoms with Crippen LogP contribution in [0.5, 0.6) is 0 Å². The van der Waals surface area contributed by atoms with Crippen LogP contribution in [0.25, 0.3) is 0 Å². The molecule has 0 aromatic carbocycles. The van der Waals surface area contributed by atoms with Crippen LogP contribution >= 0.6 is 15.9 Å². The van der Waals surface area contributed by atoms with E-state index in [2.05, 4.69) is 26.1 Å². The van der Waals surface area contributed by atoms with Crippen molar-refractivity contribution >= 4 is 20.6 Å². The quantitative estimate of drug-likeness (QED) is 0.737. The predicted octanol–water partition coefficient (Wildman–Crippen LogP) is 2.25. The molecule has 4 heteroatoms. The number of nitrogens with zero attached hydrogens (tertiary/aromatic N) is 2. The standard InChI is InChI=1S/C8H7BrN2O/c9-8-4-7(12-11-8)6-2-1-3-10-5-6/h1-3,5,7H,4H2/t7-/m0/s1. The van der Waals surface area contributed by atoms with E-state index in [1.165, 1.54) is 0 Å². The third-order valence-corrected chi connectivity index (χ3v) is 2.16. The van der Waals surface area contributed by atoms with Gasteiger partial charge in [0, 0.05) is 24.4 Å². The molecule has 1 aromatic rings. The van der Waals surface area contributed by atoms with Gasteiger partial charge >= 0.3 is 0 Å². The second-order valence-electron chi connectivity index (χ2n) is 2.55. The lowest BCUT2D eigenvalue weighted by Crippen LogP contribution is -1.96. The number of hydrogen-bond donors (Lipinski definition) is 0. The molecule has 1 atom stereocenters. The first-order chi connectivity index (χ1) is 5.86. The van der Waals surface area contributed by atoms with E-state index in [1.54, 1.807) is 12.4 Å². The van der Waals surface area contributed by atoms with Crippen molar-refractivity contribution in [3.05, 3.63) is 30.1 Å². The first-order valence-electron chi connectivity index (χ1n) is 3.64. The molecule has 0 aliphatic carbocycles. The zero-order chi connectivity index (χ0) is 8.39. The predicted molar refractivity (Wildman–Crippen MR) is 49.0 cm³/mol. The lowest BCUT2D eigenvalue weighted by atomic mass is 10.1. The number of rotatable bonds is 1. The van der Waals surface area contributed by atoms with Gasteiger partial charge in [-0.15, -0.1) is 0 Å². The first kappa shape index (κ1) is 7.73. The van der Waals surface area contributed by atoms with Gasteiger partial charge in [-0.3, -0.25) is 4.98 Å². The topological polar surface area (TPSA) is 34.5 Å². The van der Waals surface area contributed by atoms with Crippen LogP contribution in [0.15, 0.2) is 29.7 Å². The lowest BCUT2D eigenvalue weighted by Gasteiger charge is -2.05. The van der Waals surface area contributed by atoms with Gasteiger partial charge in [0.05, 0.1) is 0 Å². The zero-order valence-electron chi connectivity index (χ0n) is 6.27.